The largest absolute Gasteiger partial charge is 0.312 e. The molecule has 4 nitrogen and oxygen atoms in total. The highest BCUT2D eigenvalue weighted by Gasteiger charge is 2.40. The molecule has 0 spiro atoms. The third kappa shape index (κ3) is 4.64. The van der Waals surface area contributed by atoms with Crippen LogP contribution in [0.2, 0.25) is 0 Å². The molecule has 0 saturated carbocycles. The van der Waals surface area contributed by atoms with Crippen LogP contribution in [0.15, 0.2) is 125 Å². The molecule has 4 aromatic carbocycles. The van der Waals surface area contributed by atoms with Crippen LogP contribution in [0, 0.1) is 0 Å². The molecule has 4 aromatic rings. The van der Waals surface area contributed by atoms with E-state index < -0.39 is 22.9 Å². The fraction of sp³-hybridized carbons (Fsp3) is 0.0400. The topological polar surface area (TPSA) is 63.2 Å². The molecule has 1 atom stereocenters. The molecule has 1 N–H and O–H groups in total. The van der Waals surface area contributed by atoms with Crippen molar-refractivity contribution in [3.63, 3.8) is 0 Å². The van der Waals surface area contributed by atoms with E-state index in [1.807, 2.05) is 54.6 Å². The third-order valence-corrected chi connectivity index (χ3v) is 10.6. The van der Waals surface area contributed by atoms with Gasteiger partial charge in [-0.25, -0.2) is 8.42 Å². The monoisotopic (exact) mass is 525 g/mol. The van der Waals surface area contributed by atoms with E-state index in [9.17, 15) is 13.0 Å². The first-order valence-corrected chi connectivity index (χ1v) is 14.0. The minimum atomic E-state index is -3.97. The Balaban J connectivity index is 1.92. The molecule has 32 heavy (non-hydrogen) atoms. The summed E-state index contributed by atoms with van der Waals surface area (Å²) in [5, 5.41) is 1.16. The Morgan fingerprint density at radius 2 is 1.09 bits per heavy atom. The molecule has 1 unspecified atom stereocenters. The van der Waals surface area contributed by atoms with E-state index in [1.54, 1.807) is 48.5 Å². The van der Waals surface area contributed by atoms with Gasteiger partial charge in [-0.1, -0.05) is 107 Å². The Kier molecular flexibility index (Phi) is 6.77. The predicted molar refractivity (Wildman–Crippen MR) is 133 cm³/mol. The molecule has 7 heteroatoms. The van der Waals surface area contributed by atoms with Gasteiger partial charge in [0, 0.05) is 15.1 Å². The zero-order valence-corrected chi connectivity index (χ0v) is 20.3. The van der Waals surface area contributed by atoms with Gasteiger partial charge in [-0.05, 0) is 29.8 Å². The van der Waals surface area contributed by atoms with Crippen molar-refractivity contribution in [2.45, 2.75) is 10.7 Å². The van der Waals surface area contributed by atoms with Crippen molar-refractivity contribution < 1.29 is 13.0 Å². The maximum Gasteiger partial charge on any atom is 0.241 e. The maximum atomic E-state index is 14.9. The highest BCUT2D eigenvalue weighted by atomic mass is 79.9. The first kappa shape index (κ1) is 22.7. The Bertz CT molecular complexity index is 1290. The highest BCUT2D eigenvalue weighted by molar-refractivity contribution is 9.10. The Morgan fingerprint density at radius 3 is 1.56 bits per heavy atom. The van der Waals surface area contributed by atoms with Crippen molar-refractivity contribution in [3.05, 3.63) is 125 Å². The molecule has 0 saturated heterocycles. The minimum absolute atomic E-state index is 0.106. The van der Waals surface area contributed by atoms with E-state index in [0.717, 1.165) is 4.47 Å². The van der Waals surface area contributed by atoms with Gasteiger partial charge in [0.05, 0.1) is 4.90 Å². The molecule has 0 aromatic heterocycles. The van der Waals surface area contributed by atoms with Crippen molar-refractivity contribution >= 4 is 43.7 Å². The zero-order valence-electron chi connectivity index (χ0n) is 17.0. The summed E-state index contributed by atoms with van der Waals surface area (Å²) in [6.07, 6.45) is 0. The van der Waals surface area contributed by atoms with Gasteiger partial charge >= 0.3 is 0 Å². The smallest absolute Gasteiger partial charge is 0.241 e. The van der Waals surface area contributed by atoms with E-state index in [4.69, 9.17) is 0 Å². The lowest BCUT2D eigenvalue weighted by Gasteiger charge is -2.30. The lowest BCUT2D eigenvalue weighted by atomic mass is 10.2. The van der Waals surface area contributed by atoms with Gasteiger partial charge in [0.1, 0.15) is 5.78 Å². The van der Waals surface area contributed by atoms with Crippen molar-refractivity contribution in [3.8, 4) is 0 Å². The minimum Gasteiger partial charge on any atom is -0.312 e. The quantitative estimate of drug-likeness (QED) is 0.327. The fourth-order valence-corrected chi connectivity index (χ4v) is 8.61. The summed E-state index contributed by atoms with van der Waals surface area (Å²) in [7, 11) is -7.45. The lowest BCUT2D eigenvalue weighted by Crippen LogP contribution is -2.34. The fourth-order valence-electron chi connectivity index (χ4n) is 3.56. The summed E-state index contributed by atoms with van der Waals surface area (Å²) in [6, 6.07) is 33.6. The summed E-state index contributed by atoms with van der Waals surface area (Å²) in [4.78, 5) is 0.106. The van der Waals surface area contributed by atoms with Gasteiger partial charge in [0.2, 0.25) is 10.0 Å². The van der Waals surface area contributed by atoms with Crippen LogP contribution >= 0.6 is 23.1 Å². The summed E-state index contributed by atoms with van der Waals surface area (Å²) in [5.41, 5.74) is 0.629. The predicted octanol–water partition coefficient (Wildman–Crippen LogP) is 5.44. The average Bonchev–Trinajstić information content (AvgIpc) is 2.84. The molecule has 0 aliphatic carbocycles. The molecule has 0 aliphatic heterocycles. The number of halogens is 1. The number of hydrogen-bond acceptors (Lipinski definition) is 3. The zero-order chi connectivity index (χ0) is 22.6. The van der Waals surface area contributed by atoms with Crippen LogP contribution in [0.4, 0.5) is 0 Å². The van der Waals surface area contributed by atoms with E-state index in [2.05, 4.69) is 20.7 Å². The standard InChI is InChI=1S/C25H21BrNO3PS/c26-21-16-18-24(19-17-21)32(29,30)27-25(20-10-4-1-5-11-20)31(28,22-12-6-2-7-13-22)23-14-8-3-9-15-23/h1-19,25,27H. The van der Waals surface area contributed by atoms with Crippen molar-refractivity contribution in [1.29, 1.82) is 0 Å². The van der Waals surface area contributed by atoms with Gasteiger partial charge < -0.3 is 4.57 Å². The van der Waals surface area contributed by atoms with Crippen molar-refractivity contribution in [2.75, 3.05) is 0 Å². The SMILES string of the molecule is O=P(c1ccccc1)(c1ccccc1)C(NS(=O)(=O)c1ccc(Br)cc1)c1ccccc1. The number of hydrogen-bond donors (Lipinski definition) is 1. The second-order valence-corrected chi connectivity index (χ2v) is 12.7. The normalized spacial score (nSPS) is 12.9. The highest BCUT2D eigenvalue weighted by Crippen LogP contribution is 2.56. The number of sulfonamides is 1. The van der Waals surface area contributed by atoms with Crippen LogP contribution < -0.4 is 15.3 Å². The molecular formula is C25H21BrNO3PS. The number of benzene rings is 4. The van der Waals surface area contributed by atoms with E-state index in [-0.39, 0.29) is 4.90 Å². The van der Waals surface area contributed by atoms with Gasteiger partial charge in [-0.3, -0.25) is 0 Å². The summed E-state index contributed by atoms with van der Waals surface area (Å²) < 4.78 is 45.3. The van der Waals surface area contributed by atoms with Crippen LogP contribution in [0.3, 0.4) is 0 Å². The molecule has 0 amide bonds. The van der Waals surface area contributed by atoms with Gasteiger partial charge in [0.15, 0.2) is 7.14 Å². The molecule has 162 valence electrons. The number of nitrogens with one attached hydrogen (secondary N) is 1. The van der Waals surface area contributed by atoms with E-state index in [1.165, 1.54) is 12.1 Å². The van der Waals surface area contributed by atoms with Gasteiger partial charge in [-0.2, -0.15) is 4.72 Å². The van der Waals surface area contributed by atoms with E-state index in [0.29, 0.717) is 16.2 Å². The Labute approximate surface area is 196 Å². The summed E-state index contributed by atoms with van der Waals surface area (Å²) in [6.45, 7) is 0. The molecule has 0 fully saturated rings. The second-order valence-electron chi connectivity index (χ2n) is 7.22. The van der Waals surface area contributed by atoms with E-state index >= 15 is 0 Å². The van der Waals surface area contributed by atoms with Crippen LogP contribution in [0.5, 0.6) is 0 Å². The molecule has 4 rings (SSSR count). The van der Waals surface area contributed by atoms with Gasteiger partial charge in [-0.15, -0.1) is 0 Å². The van der Waals surface area contributed by atoms with Crippen LogP contribution in [-0.2, 0) is 14.6 Å². The lowest BCUT2D eigenvalue weighted by molar-refractivity contribution is 0.560. The maximum absolute atomic E-state index is 14.9. The van der Waals surface area contributed by atoms with Crippen molar-refractivity contribution in [2.24, 2.45) is 0 Å². The third-order valence-electron chi connectivity index (χ3n) is 5.15. The Hall–Kier alpha value is -2.50. The van der Waals surface area contributed by atoms with Crippen LogP contribution in [0.25, 0.3) is 0 Å². The first-order chi connectivity index (χ1) is 15.4. The molecular weight excluding hydrogens is 505 g/mol. The Morgan fingerprint density at radius 1 is 0.656 bits per heavy atom. The van der Waals surface area contributed by atoms with Gasteiger partial charge in [0.25, 0.3) is 0 Å². The van der Waals surface area contributed by atoms with Crippen molar-refractivity contribution in [1.82, 2.24) is 4.72 Å². The second kappa shape index (κ2) is 9.55. The number of rotatable bonds is 7. The first-order valence-electron chi connectivity index (χ1n) is 9.95. The molecule has 0 radical (unpaired) electrons. The van der Waals surface area contributed by atoms with Crippen LogP contribution in [0.1, 0.15) is 11.3 Å². The molecule has 0 aliphatic rings. The van der Waals surface area contributed by atoms with Crippen LogP contribution in [-0.4, -0.2) is 8.42 Å². The molecule has 0 bridgehead atoms. The summed E-state index contributed by atoms with van der Waals surface area (Å²) >= 11 is 3.33. The average molecular weight is 526 g/mol. The summed E-state index contributed by atoms with van der Waals surface area (Å²) in [5.74, 6) is -0.984. The molecule has 0 heterocycles.